The molecule has 0 bridgehead atoms. The Hall–Kier alpha value is -1.29. The highest BCUT2D eigenvalue weighted by atomic mass is 16.5. The lowest BCUT2D eigenvalue weighted by Crippen LogP contribution is -2.21. The van der Waals surface area contributed by atoms with Gasteiger partial charge < -0.3 is 14.5 Å². The molecule has 1 heterocycles. The number of hydrogen-bond acceptors (Lipinski definition) is 4. The van der Waals surface area contributed by atoms with Crippen LogP contribution in [0.25, 0.3) is 0 Å². The van der Waals surface area contributed by atoms with Crippen molar-refractivity contribution >= 4 is 5.97 Å². The molecule has 1 rings (SSSR count). The molecule has 4 nitrogen and oxygen atoms in total. The first kappa shape index (κ1) is 11.8. The Balaban J connectivity index is 2.52. The zero-order valence-corrected chi connectivity index (χ0v) is 9.37. The second kappa shape index (κ2) is 5.56. The standard InChI is InChI=1S/C11H17NO3/c1-4-14-11(13)10-6-5-9(15-10)7-12-8(2)3/h5-6,8,12H,4,7H2,1-3H3. The molecule has 1 N–H and O–H groups in total. The molecule has 0 fully saturated rings. The summed E-state index contributed by atoms with van der Waals surface area (Å²) in [6.45, 7) is 6.85. The van der Waals surface area contributed by atoms with E-state index in [1.54, 1.807) is 19.1 Å². The predicted octanol–water partition coefficient (Wildman–Crippen LogP) is 1.95. The maximum atomic E-state index is 11.3. The van der Waals surface area contributed by atoms with E-state index in [1.165, 1.54) is 0 Å². The first-order valence-electron chi connectivity index (χ1n) is 5.12. The molecule has 84 valence electrons. The van der Waals surface area contributed by atoms with Gasteiger partial charge in [-0.3, -0.25) is 0 Å². The SMILES string of the molecule is CCOC(=O)c1ccc(CNC(C)C)o1. The fourth-order valence-electron chi connectivity index (χ4n) is 1.09. The highest BCUT2D eigenvalue weighted by Crippen LogP contribution is 2.09. The average molecular weight is 211 g/mol. The van der Waals surface area contributed by atoms with Crippen molar-refractivity contribution in [1.82, 2.24) is 5.32 Å². The average Bonchev–Trinajstić information content (AvgIpc) is 2.63. The van der Waals surface area contributed by atoms with E-state index in [9.17, 15) is 4.79 Å². The van der Waals surface area contributed by atoms with Gasteiger partial charge in [-0.05, 0) is 19.1 Å². The Kier molecular flexibility index (Phi) is 4.37. The van der Waals surface area contributed by atoms with Crippen LogP contribution in [0, 0.1) is 0 Å². The van der Waals surface area contributed by atoms with Crippen LogP contribution in [0.1, 0.15) is 37.1 Å². The number of hydrogen-bond donors (Lipinski definition) is 1. The van der Waals surface area contributed by atoms with E-state index in [0.717, 1.165) is 5.76 Å². The molecule has 0 radical (unpaired) electrons. The van der Waals surface area contributed by atoms with Crippen molar-refractivity contribution in [3.63, 3.8) is 0 Å². The lowest BCUT2D eigenvalue weighted by atomic mass is 10.3. The maximum Gasteiger partial charge on any atom is 0.374 e. The smallest absolute Gasteiger partial charge is 0.374 e. The van der Waals surface area contributed by atoms with Gasteiger partial charge in [0, 0.05) is 6.04 Å². The Morgan fingerprint density at radius 2 is 2.27 bits per heavy atom. The van der Waals surface area contributed by atoms with Crippen molar-refractivity contribution in [3.8, 4) is 0 Å². The summed E-state index contributed by atoms with van der Waals surface area (Å²) in [5, 5.41) is 3.20. The van der Waals surface area contributed by atoms with Gasteiger partial charge in [-0.2, -0.15) is 0 Å². The largest absolute Gasteiger partial charge is 0.460 e. The molecule has 0 aliphatic heterocycles. The fraction of sp³-hybridized carbons (Fsp3) is 0.545. The summed E-state index contributed by atoms with van der Waals surface area (Å²) in [6, 6.07) is 3.80. The zero-order chi connectivity index (χ0) is 11.3. The molecular weight excluding hydrogens is 194 g/mol. The number of nitrogens with one attached hydrogen (secondary N) is 1. The van der Waals surface area contributed by atoms with Crippen LogP contribution in [0.2, 0.25) is 0 Å². The molecule has 1 aromatic heterocycles. The van der Waals surface area contributed by atoms with Crippen LogP contribution in [0.15, 0.2) is 16.5 Å². The third-order valence-corrected chi connectivity index (χ3v) is 1.82. The minimum absolute atomic E-state index is 0.261. The Morgan fingerprint density at radius 1 is 1.53 bits per heavy atom. The summed E-state index contributed by atoms with van der Waals surface area (Å²) in [5.41, 5.74) is 0. The predicted molar refractivity (Wildman–Crippen MR) is 56.6 cm³/mol. The summed E-state index contributed by atoms with van der Waals surface area (Å²) in [4.78, 5) is 11.3. The molecule has 0 aliphatic carbocycles. The zero-order valence-electron chi connectivity index (χ0n) is 9.37. The summed E-state index contributed by atoms with van der Waals surface area (Å²) in [7, 11) is 0. The van der Waals surface area contributed by atoms with Crippen LogP contribution >= 0.6 is 0 Å². The highest BCUT2D eigenvalue weighted by Gasteiger charge is 2.11. The lowest BCUT2D eigenvalue weighted by Gasteiger charge is -2.04. The third-order valence-electron chi connectivity index (χ3n) is 1.82. The quantitative estimate of drug-likeness (QED) is 0.756. The van der Waals surface area contributed by atoms with E-state index in [2.05, 4.69) is 19.2 Å². The molecule has 0 saturated heterocycles. The Bertz CT molecular complexity index is 317. The first-order chi connectivity index (χ1) is 7.13. The van der Waals surface area contributed by atoms with Gasteiger partial charge in [-0.1, -0.05) is 13.8 Å². The van der Waals surface area contributed by atoms with Crippen molar-refractivity contribution in [2.45, 2.75) is 33.4 Å². The second-order valence-corrected chi connectivity index (χ2v) is 3.52. The normalized spacial score (nSPS) is 10.7. The van der Waals surface area contributed by atoms with Crippen molar-refractivity contribution < 1.29 is 13.9 Å². The molecule has 4 heteroatoms. The molecule has 0 aliphatic rings. The van der Waals surface area contributed by atoms with Crippen LogP contribution in [0.3, 0.4) is 0 Å². The molecule has 0 amide bonds. The molecule has 1 aromatic rings. The number of rotatable bonds is 5. The van der Waals surface area contributed by atoms with Crippen LogP contribution in [-0.4, -0.2) is 18.6 Å². The fourth-order valence-corrected chi connectivity index (χ4v) is 1.09. The van der Waals surface area contributed by atoms with Gasteiger partial charge >= 0.3 is 5.97 Å². The highest BCUT2D eigenvalue weighted by molar-refractivity contribution is 5.86. The molecule has 0 aromatic carbocycles. The van der Waals surface area contributed by atoms with E-state index >= 15 is 0 Å². The van der Waals surface area contributed by atoms with E-state index in [4.69, 9.17) is 9.15 Å². The minimum atomic E-state index is -0.409. The number of furan rings is 1. The van der Waals surface area contributed by atoms with Crippen molar-refractivity contribution in [2.24, 2.45) is 0 Å². The van der Waals surface area contributed by atoms with Gasteiger partial charge in [0.25, 0.3) is 0 Å². The number of carbonyl (C=O) groups is 1. The third kappa shape index (κ3) is 3.75. The molecular formula is C11H17NO3. The molecule has 0 atom stereocenters. The Morgan fingerprint density at radius 3 is 2.87 bits per heavy atom. The van der Waals surface area contributed by atoms with Gasteiger partial charge in [0.1, 0.15) is 5.76 Å². The Labute approximate surface area is 89.6 Å². The van der Waals surface area contributed by atoms with Crippen LogP contribution < -0.4 is 5.32 Å². The number of esters is 1. The topological polar surface area (TPSA) is 51.5 Å². The molecule has 0 spiro atoms. The molecule has 0 unspecified atom stereocenters. The number of ether oxygens (including phenoxy) is 1. The monoisotopic (exact) mass is 211 g/mol. The van der Waals surface area contributed by atoms with Crippen molar-refractivity contribution in [2.75, 3.05) is 6.61 Å². The summed E-state index contributed by atoms with van der Waals surface area (Å²) < 4.78 is 10.1. The first-order valence-corrected chi connectivity index (χ1v) is 5.12. The van der Waals surface area contributed by atoms with Gasteiger partial charge in [0.15, 0.2) is 0 Å². The minimum Gasteiger partial charge on any atom is -0.460 e. The summed E-state index contributed by atoms with van der Waals surface area (Å²) in [5.74, 6) is 0.595. The molecule has 15 heavy (non-hydrogen) atoms. The van der Waals surface area contributed by atoms with Crippen LogP contribution in [-0.2, 0) is 11.3 Å². The van der Waals surface area contributed by atoms with E-state index in [-0.39, 0.29) is 5.76 Å². The van der Waals surface area contributed by atoms with Gasteiger partial charge in [0.05, 0.1) is 13.2 Å². The number of carbonyl (C=O) groups excluding carboxylic acids is 1. The van der Waals surface area contributed by atoms with Crippen molar-refractivity contribution in [1.29, 1.82) is 0 Å². The van der Waals surface area contributed by atoms with Gasteiger partial charge in [-0.15, -0.1) is 0 Å². The van der Waals surface area contributed by atoms with Gasteiger partial charge in [0.2, 0.25) is 5.76 Å². The van der Waals surface area contributed by atoms with Crippen LogP contribution in [0.5, 0.6) is 0 Å². The van der Waals surface area contributed by atoms with E-state index in [0.29, 0.717) is 19.2 Å². The maximum absolute atomic E-state index is 11.3. The van der Waals surface area contributed by atoms with Crippen LogP contribution in [0.4, 0.5) is 0 Å². The second-order valence-electron chi connectivity index (χ2n) is 3.52. The van der Waals surface area contributed by atoms with E-state index in [1.807, 2.05) is 0 Å². The van der Waals surface area contributed by atoms with Gasteiger partial charge in [-0.25, -0.2) is 4.79 Å². The van der Waals surface area contributed by atoms with Crippen molar-refractivity contribution in [3.05, 3.63) is 23.7 Å². The lowest BCUT2D eigenvalue weighted by molar-refractivity contribution is 0.0488. The summed E-state index contributed by atoms with van der Waals surface area (Å²) in [6.07, 6.45) is 0. The molecule has 0 saturated carbocycles. The summed E-state index contributed by atoms with van der Waals surface area (Å²) >= 11 is 0. The van der Waals surface area contributed by atoms with E-state index < -0.39 is 5.97 Å².